The average Bonchev–Trinajstić information content (AvgIpc) is 2.58. The Labute approximate surface area is 143 Å². The molecule has 0 saturated heterocycles. The molecule has 25 heavy (non-hydrogen) atoms. The second-order valence-electron chi connectivity index (χ2n) is 5.23. The van der Waals surface area contributed by atoms with Gasteiger partial charge in [-0.25, -0.2) is 8.78 Å². The van der Waals surface area contributed by atoms with Crippen LogP contribution < -0.4 is 4.74 Å². The number of hydrogen-bond donors (Lipinski definition) is 1. The number of halogens is 2. The summed E-state index contributed by atoms with van der Waals surface area (Å²) < 4.78 is 31.7. The minimum Gasteiger partial charge on any atom is -0.494 e. The molecule has 2 aromatic rings. The summed E-state index contributed by atoms with van der Waals surface area (Å²) in [5.74, 6) is -2.11. The standard InChI is InChI=1S/C19H16F2O4/c20-15-7-3-13(17(21)12-15)6-10-18(22)14-4-8-16(9-5-14)25-11-1-2-19(23)24/h3-10,12H,1-2,11H2,(H,23,24)/b10-6+. The molecule has 0 spiro atoms. The fourth-order valence-corrected chi connectivity index (χ4v) is 2.03. The van der Waals surface area contributed by atoms with E-state index in [0.717, 1.165) is 12.1 Å². The Morgan fingerprint density at radius 3 is 2.44 bits per heavy atom. The fourth-order valence-electron chi connectivity index (χ4n) is 2.03. The van der Waals surface area contributed by atoms with Crippen LogP contribution in [-0.2, 0) is 4.79 Å². The number of benzene rings is 2. The van der Waals surface area contributed by atoms with Gasteiger partial charge < -0.3 is 9.84 Å². The first-order valence-electron chi connectivity index (χ1n) is 7.58. The minimum absolute atomic E-state index is 0.0291. The number of allylic oxidation sites excluding steroid dienone is 1. The van der Waals surface area contributed by atoms with Crippen LogP contribution >= 0.6 is 0 Å². The van der Waals surface area contributed by atoms with Crippen molar-refractivity contribution in [2.75, 3.05) is 6.61 Å². The van der Waals surface area contributed by atoms with Crippen molar-refractivity contribution in [2.24, 2.45) is 0 Å². The second-order valence-corrected chi connectivity index (χ2v) is 5.23. The van der Waals surface area contributed by atoms with Gasteiger partial charge in [-0.2, -0.15) is 0 Å². The van der Waals surface area contributed by atoms with Gasteiger partial charge in [-0.3, -0.25) is 9.59 Å². The summed E-state index contributed by atoms with van der Waals surface area (Å²) in [6.07, 6.45) is 2.91. The molecule has 2 rings (SSSR count). The number of hydrogen-bond acceptors (Lipinski definition) is 3. The van der Waals surface area contributed by atoms with Crippen molar-refractivity contribution in [2.45, 2.75) is 12.8 Å². The molecule has 0 saturated carbocycles. The molecule has 0 radical (unpaired) electrons. The molecule has 0 amide bonds. The van der Waals surface area contributed by atoms with Crippen molar-refractivity contribution in [3.8, 4) is 5.75 Å². The summed E-state index contributed by atoms with van der Waals surface area (Å²) in [6.45, 7) is 0.267. The van der Waals surface area contributed by atoms with Gasteiger partial charge in [-0.15, -0.1) is 0 Å². The van der Waals surface area contributed by atoms with Crippen LogP contribution in [0, 0.1) is 11.6 Å². The lowest BCUT2D eigenvalue weighted by Gasteiger charge is -2.05. The second kappa shape index (κ2) is 8.73. The van der Waals surface area contributed by atoms with Crippen LogP contribution in [0.2, 0.25) is 0 Å². The van der Waals surface area contributed by atoms with E-state index >= 15 is 0 Å². The number of aliphatic carboxylic acids is 1. The van der Waals surface area contributed by atoms with Gasteiger partial charge in [0.15, 0.2) is 5.78 Å². The number of carbonyl (C=O) groups is 2. The van der Waals surface area contributed by atoms with E-state index in [2.05, 4.69) is 0 Å². The van der Waals surface area contributed by atoms with E-state index in [9.17, 15) is 18.4 Å². The molecule has 0 atom stereocenters. The van der Waals surface area contributed by atoms with Gasteiger partial charge >= 0.3 is 5.97 Å². The van der Waals surface area contributed by atoms with Crippen LogP contribution in [0.25, 0.3) is 6.08 Å². The average molecular weight is 346 g/mol. The predicted molar refractivity (Wildman–Crippen MR) is 88.5 cm³/mol. The number of ether oxygens (including phenoxy) is 1. The zero-order chi connectivity index (χ0) is 18.2. The van der Waals surface area contributed by atoms with Crippen LogP contribution in [0.5, 0.6) is 5.75 Å². The Bertz CT molecular complexity index is 783. The van der Waals surface area contributed by atoms with Gasteiger partial charge in [-0.1, -0.05) is 0 Å². The van der Waals surface area contributed by atoms with Crippen LogP contribution in [0.15, 0.2) is 48.5 Å². The van der Waals surface area contributed by atoms with E-state index in [1.165, 1.54) is 18.2 Å². The Morgan fingerprint density at radius 2 is 1.80 bits per heavy atom. The van der Waals surface area contributed by atoms with Crippen LogP contribution in [-0.4, -0.2) is 23.5 Å². The SMILES string of the molecule is O=C(O)CCCOc1ccc(C(=O)/C=C/c2ccc(F)cc2F)cc1. The molecule has 0 unspecified atom stereocenters. The fraction of sp³-hybridized carbons (Fsp3) is 0.158. The molecule has 4 nitrogen and oxygen atoms in total. The normalized spacial score (nSPS) is 10.8. The quantitative estimate of drug-likeness (QED) is 0.444. The highest BCUT2D eigenvalue weighted by Crippen LogP contribution is 2.15. The van der Waals surface area contributed by atoms with Crippen molar-refractivity contribution in [1.29, 1.82) is 0 Å². The van der Waals surface area contributed by atoms with E-state index in [1.807, 2.05) is 0 Å². The molecule has 0 fully saturated rings. The van der Waals surface area contributed by atoms with Gasteiger partial charge in [0.1, 0.15) is 17.4 Å². The van der Waals surface area contributed by atoms with Crippen molar-refractivity contribution in [3.63, 3.8) is 0 Å². The maximum Gasteiger partial charge on any atom is 0.303 e. The van der Waals surface area contributed by atoms with Crippen LogP contribution in [0.3, 0.4) is 0 Å². The first-order chi connectivity index (χ1) is 12.0. The molecule has 0 aromatic heterocycles. The minimum atomic E-state index is -0.881. The summed E-state index contributed by atoms with van der Waals surface area (Å²) in [4.78, 5) is 22.4. The third-order valence-electron chi connectivity index (χ3n) is 3.32. The number of carbonyl (C=O) groups excluding carboxylic acids is 1. The summed E-state index contributed by atoms with van der Waals surface area (Å²) >= 11 is 0. The van der Waals surface area contributed by atoms with E-state index in [-0.39, 0.29) is 24.4 Å². The molecule has 0 heterocycles. The van der Waals surface area contributed by atoms with Crippen LogP contribution in [0.4, 0.5) is 8.78 Å². The summed E-state index contributed by atoms with van der Waals surface area (Å²) in [6, 6.07) is 9.42. The number of rotatable bonds is 8. The Kier molecular flexibility index (Phi) is 6.39. The number of ketones is 1. The monoisotopic (exact) mass is 346 g/mol. The molecule has 6 heteroatoms. The molecule has 1 N–H and O–H groups in total. The Morgan fingerprint density at radius 1 is 1.08 bits per heavy atom. The van der Waals surface area contributed by atoms with Crippen molar-refractivity contribution in [3.05, 3.63) is 71.3 Å². The third kappa shape index (κ3) is 5.84. The highest BCUT2D eigenvalue weighted by atomic mass is 19.1. The van der Waals surface area contributed by atoms with E-state index in [0.29, 0.717) is 17.7 Å². The summed E-state index contributed by atoms with van der Waals surface area (Å²) in [5.41, 5.74) is 0.504. The first kappa shape index (κ1) is 18.3. The van der Waals surface area contributed by atoms with E-state index in [4.69, 9.17) is 9.84 Å². The maximum absolute atomic E-state index is 13.5. The maximum atomic E-state index is 13.5. The molecule has 2 aromatic carbocycles. The van der Waals surface area contributed by atoms with Crippen LogP contribution in [0.1, 0.15) is 28.8 Å². The van der Waals surface area contributed by atoms with Gasteiger partial charge in [0.05, 0.1) is 6.61 Å². The van der Waals surface area contributed by atoms with Gasteiger partial charge in [0.2, 0.25) is 0 Å². The predicted octanol–water partition coefficient (Wildman–Crippen LogP) is 4.10. The molecule has 130 valence electrons. The lowest BCUT2D eigenvalue weighted by Crippen LogP contribution is -2.02. The van der Waals surface area contributed by atoms with E-state index in [1.54, 1.807) is 24.3 Å². The summed E-state index contributed by atoms with van der Waals surface area (Å²) in [5, 5.41) is 8.53. The smallest absolute Gasteiger partial charge is 0.303 e. The Hall–Kier alpha value is -3.02. The summed E-state index contributed by atoms with van der Waals surface area (Å²) in [7, 11) is 0. The van der Waals surface area contributed by atoms with Crippen molar-refractivity contribution < 1.29 is 28.2 Å². The van der Waals surface area contributed by atoms with Crippen molar-refractivity contribution >= 4 is 17.8 Å². The highest BCUT2D eigenvalue weighted by molar-refractivity contribution is 6.06. The Balaban J connectivity index is 1.93. The molecular formula is C19H16F2O4. The molecule has 0 aliphatic heterocycles. The van der Waals surface area contributed by atoms with Gasteiger partial charge in [0.25, 0.3) is 0 Å². The highest BCUT2D eigenvalue weighted by Gasteiger charge is 2.05. The number of carboxylic acids is 1. The van der Waals surface area contributed by atoms with E-state index < -0.39 is 17.6 Å². The zero-order valence-electron chi connectivity index (χ0n) is 13.2. The first-order valence-corrected chi connectivity index (χ1v) is 7.58. The zero-order valence-corrected chi connectivity index (χ0v) is 13.2. The largest absolute Gasteiger partial charge is 0.494 e. The van der Waals surface area contributed by atoms with Gasteiger partial charge in [-0.05, 0) is 55.0 Å². The molecular weight excluding hydrogens is 330 g/mol. The molecule has 0 aliphatic carbocycles. The lowest BCUT2D eigenvalue weighted by atomic mass is 10.1. The van der Waals surface area contributed by atoms with Crippen molar-refractivity contribution in [1.82, 2.24) is 0 Å². The number of carboxylic acid groups (broad SMARTS) is 1. The molecule has 0 bridgehead atoms. The van der Waals surface area contributed by atoms with Gasteiger partial charge in [0, 0.05) is 23.6 Å². The third-order valence-corrected chi connectivity index (χ3v) is 3.32. The topological polar surface area (TPSA) is 63.6 Å². The molecule has 0 aliphatic rings. The lowest BCUT2D eigenvalue weighted by molar-refractivity contribution is -0.137.